The fraction of sp³-hybridized carbons (Fsp3) is 0.290. The molecule has 2 saturated heterocycles. The van der Waals surface area contributed by atoms with Crippen LogP contribution < -0.4 is 15.4 Å². The molecule has 4 heterocycles. The number of imidazole rings is 1. The third kappa shape index (κ3) is 7.13. The first-order chi connectivity index (χ1) is 23.2. The van der Waals surface area contributed by atoms with Gasteiger partial charge in [-0.05, 0) is 36.8 Å². The number of amides is 2. The minimum Gasteiger partial charge on any atom is -0.483 e. The van der Waals surface area contributed by atoms with Crippen molar-refractivity contribution in [2.45, 2.75) is 18.6 Å². The van der Waals surface area contributed by atoms with Crippen LogP contribution in [0.4, 0.5) is 20.3 Å². The zero-order chi connectivity index (χ0) is 34.4. The Kier molecular flexibility index (Phi) is 10.6. The number of fused-ring (bicyclic) bond motifs is 1. The van der Waals surface area contributed by atoms with Crippen LogP contribution in [-0.4, -0.2) is 104 Å². The van der Waals surface area contributed by atoms with Crippen LogP contribution in [0.1, 0.15) is 16.8 Å². The van der Waals surface area contributed by atoms with Crippen molar-refractivity contribution >= 4 is 47.0 Å². The number of hydrogen-bond acceptors (Lipinski definition) is 10. The van der Waals surface area contributed by atoms with Crippen molar-refractivity contribution in [3.63, 3.8) is 0 Å². The van der Waals surface area contributed by atoms with Crippen LogP contribution in [0.5, 0.6) is 5.75 Å². The number of rotatable bonds is 7. The molecule has 17 heteroatoms. The van der Waals surface area contributed by atoms with E-state index in [4.69, 9.17) is 31.5 Å². The zero-order valence-electron chi connectivity index (χ0n) is 25.1. The lowest BCUT2D eigenvalue weighted by Crippen LogP contribution is -2.54. The Hall–Kier alpha value is -5.37. The lowest BCUT2D eigenvalue weighted by molar-refractivity contribution is -0.134. The molecule has 4 N–H and O–H groups in total. The summed E-state index contributed by atoms with van der Waals surface area (Å²) in [7, 11) is 0. The summed E-state index contributed by atoms with van der Waals surface area (Å²) in [6.45, 7) is 1.19. The number of β-amino-alcohol motifs (C(OH)–C–C–N with tert-alkyl or cyclic N) is 1. The van der Waals surface area contributed by atoms with E-state index >= 15 is 0 Å². The number of nitriles is 1. The number of halogens is 3. The number of aliphatic hydroxyl groups excluding tert-OH is 1. The second kappa shape index (κ2) is 15.0. The van der Waals surface area contributed by atoms with Gasteiger partial charge in [0.2, 0.25) is 11.7 Å². The molecule has 0 bridgehead atoms. The number of aliphatic hydroxyl groups is 1. The molecule has 2 aromatic carbocycles. The molecule has 0 saturated carbocycles. The van der Waals surface area contributed by atoms with E-state index in [0.717, 1.165) is 0 Å². The van der Waals surface area contributed by atoms with Gasteiger partial charge < -0.3 is 35.4 Å². The highest BCUT2D eigenvalue weighted by atomic mass is 35.5. The van der Waals surface area contributed by atoms with E-state index in [2.05, 4.69) is 20.6 Å². The number of piperazine rings is 1. The van der Waals surface area contributed by atoms with Crippen molar-refractivity contribution in [1.82, 2.24) is 29.5 Å². The number of ether oxygens (including phenoxy) is 1. The summed E-state index contributed by atoms with van der Waals surface area (Å²) < 4.78 is 36.0. The molecule has 0 spiro atoms. The first-order valence-electron chi connectivity index (χ1n) is 14.6. The molecular weight excluding hydrogens is 654 g/mol. The molecule has 2 atom stereocenters. The number of anilines is 2. The van der Waals surface area contributed by atoms with E-state index in [9.17, 15) is 23.5 Å². The Morgan fingerprint density at radius 2 is 1.88 bits per heavy atom. The summed E-state index contributed by atoms with van der Waals surface area (Å²) in [5, 5.41) is 31.6. The van der Waals surface area contributed by atoms with Crippen molar-refractivity contribution in [3.05, 3.63) is 71.1 Å². The van der Waals surface area contributed by atoms with Crippen LogP contribution in [0.2, 0.25) is 5.02 Å². The molecule has 0 unspecified atom stereocenters. The summed E-state index contributed by atoms with van der Waals surface area (Å²) in [6.07, 6.45) is 4.25. The molecular formula is C31H29ClF2N8O6. The van der Waals surface area contributed by atoms with Gasteiger partial charge in [-0.3, -0.25) is 18.8 Å². The third-order valence-electron chi connectivity index (χ3n) is 7.79. The summed E-state index contributed by atoms with van der Waals surface area (Å²) >= 11 is 6.54. The number of benzene rings is 2. The van der Waals surface area contributed by atoms with Crippen molar-refractivity contribution in [2.75, 3.05) is 44.6 Å². The molecule has 0 radical (unpaired) electrons. The number of carbonyl (C=O) groups excluding carboxylic acids is 2. The third-order valence-corrected chi connectivity index (χ3v) is 8.10. The van der Waals surface area contributed by atoms with Crippen LogP contribution in [0.3, 0.4) is 0 Å². The maximum absolute atomic E-state index is 15.0. The minimum absolute atomic E-state index is 0.0634. The highest BCUT2D eigenvalue weighted by Gasteiger charge is 2.34. The number of nitrogens with zero attached hydrogens (tertiary/aromatic N) is 6. The average Bonchev–Trinajstić information content (AvgIpc) is 3.72. The van der Waals surface area contributed by atoms with Gasteiger partial charge in [0.15, 0.2) is 29.6 Å². The van der Waals surface area contributed by atoms with Crippen LogP contribution in [0.25, 0.3) is 16.9 Å². The molecule has 0 aliphatic carbocycles. The van der Waals surface area contributed by atoms with Crippen LogP contribution in [0.15, 0.2) is 48.9 Å². The fourth-order valence-corrected chi connectivity index (χ4v) is 5.75. The smallest absolute Gasteiger partial charge is 0.290 e. The Morgan fingerprint density at radius 3 is 2.54 bits per heavy atom. The van der Waals surface area contributed by atoms with Crippen molar-refractivity contribution in [1.29, 1.82) is 5.26 Å². The van der Waals surface area contributed by atoms with Crippen molar-refractivity contribution < 1.29 is 38.1 Å². The van der Waals surface area contributed by atoms with E-state index in [-0.39, 0.29) is 40.3 Å². The number of aromatic nitrogens is 3. The summed E-state index contributed by atoms with van der Waals surface area (Å²) in [5.41, 5.74) is 1.34. The van der Waals surface area contributed by atoms with Crippen LogP contribution >= 0.6 is 11.6 Å². The molecule has 2 aliphatic rings. The lowest BCUT2D eigenvalue weighted by Gasteiger charge is -2.36. The van der Waals surface area contributed by atoms with Crippen molar-refractivity contribution in [2.24, 2.45) is 0 Å². The molecule has 2 fully saturated rings. The predicted octanol–water partition coefficient (Wildman–Crippen LogP) is 2.68. The van der Waals surface area contributed by atoms with Gasteiger partial charge in [-0.25, -0.2) is 14.4 Å². The SMILES string of the molecule is N#CCOc1ccc(-c2cnc3c(Nc4ccc(C(=O)N5CCN(C(=O)[C@@H]6C[C@@H](O)CN6)CC5)c(Cl)c4)nccn23)c(F)c1F.O=CO. The van der Waals surface area contributed by atoms with Gasteiger partial charge in [0.25, 0.3) is 12.4 Å². The monoisotopic (exact) mass is 682 g/mol. The Bertz CT molecular complexity index is 1880. The zero-order valence-corrected chi connectivity index (χ0v) is 25.9. The van der Waals surface area contributed by atoms with E-state index in [1.54, 1.807) is 40.3 Å². The molecule has 48 heavy (non-hydrogen) atoms. The van der Waals surface area contributed by atoms with Crippen LogP contribution in [0, 0.1) is 23.0 Å². The lowest BCUT2D eigenvalue weighted by atomic mass is 10.1. The molecule has 2 amide bonds. The van der Waals surface area contributed by atoms with E-state index in [0.29, 0.717) is 61.9 Å². The maximum Gasteiger partial charge on any atom is 0.290 e. The average molecular weight is 683 g/mol. The standard InChI is InChI=1S/C30H27ClF2N8O4.CH2O2/c31-21-13-17(1-2-19(21)29(43)39-8-10-40(11-9-39)30(44)22-14-18(42)15-36-22)38-27-28-37-16-23(41(28)7-6-35-27)20-3-4-24(45-12-5-34)26(33)25(20)32;2-1-3/h1-4,6-7,13,16,18,22,36,42H,8-12,14-15H2,(H,35,38);1H,(H,2,3)/t18-,22+;/m1./s1. The highest BCUT2D eigenvalue weighted by Crippen LogP contribution is 2.32. The normalized spacial score (nSPS) is 17.3. The van der Waals surface area contributed by atoms with Gasteiger partial charge in [-0.2, -0.15) is 9.65 Å². The first kappa shape index (κ1) is 34.0. The highest BCUT2D eigenvalue weighted by molar-refractivity contribution is 6.34. The molecule has 14 nitrogen and oxygen atoms in total. The molecule has 2 aromatic heterocycles. The van der Waals surface area contributed by atoms with Gasteiger partial charge in [0, 0.05) is 56.4 Å². The topological polar surface area (TPSA) is 185 Å². The van der Waals surface area contributed by atoms with Gasteiger partial charge in [-0.1, -0.05) is 11.6 Å². The van der Waals surface area contributed by atoms with Gasteiger partial charge in [0.05, 0.1) is 34.6 Å². The van der Waals surface area contributed by atoms with Crippen LogP contribution in [-0.2, 0) is 9.59 Å². The molecule has 6 rings (SSSR count). The predicted molar refractivity (Wildman–Crippen MR) is 168 cm³/mol. The van der Waals surface area contributed by atoms with Gasteiger partial charge in [0.1, 0.15) is 6.07 Å². The van der Waals surface area contributed by atoms with Gasteiger partial charge in [-0.15, -0.1) is 0 Å². The second-order valence-electron chi connectivity index (χ2n) is 10.7. The fourth-order valence-electron chi connectivity index (χ4n) is 5.49. The minimum atomic E-state index is -1.22. The maximum atomic E-state index is 15.0. The van der Waals surface area contributed by atoms with Crippen molar-refractivity contribution in [3.8, 4) is 23.1 Å². The van der Waals surface area contributed by atoms with E-state index in [1.165, 1.54) is 28.9 Å². The molecule has 2 aliphatic heterocycles. The Balaban J connectivity index is 0.00000145. The first-order valence-corrected chi connectivity index (χ1v) is 15.0. The molecule has 250 valence electrons. The number of nitrogens with one attached hydrogen (secondary N) is 2. The number of hydrogen-bond donors (Lipinski definition) is 4. The molecule has 4 aromatic rings. The summed E-state index contributed by atoms with van der Waals surface area (Å²) in [6, 6.07) is 8.73. The second-order valence-corrected chi connectivity index (χ2v) is 11.1. The Morgan fingerprint density at radius 1 is 1.15 bits per heavy atom. The van der Waals surface area contributed by atoms with E-state index < -0.39 is 30.4 Å². The van der Waals surface area contributed by atoms with E-state index in [1.807, 2.05) is 0 Å². The summed E-state index contributed by atoms with van der Waals surface area (Å²) in [5.74, 6) is -2.76. The van der Waals surface area contributed by atoms with Gasteiger partial charge >= 0.3 is 0 Å². The Labute approximate surface area is 277 Å². The summed E-state index contributed by atoms with van der Waals surface area (Å²) in [4.78, 5) is 46.4. The number of carbonyl (C=O) groups is 3. The quantitative estimate of drug-likeness (QED) is 0.210. The largest absolute Gasteiger partial charge is 0.483 e. The number of carboxylic acid groups (broad SMARTS) is 1.